The molecule has 1 aliphatic heterocycles. The normalized spacial score (nSPS) is 19.5. The average molecular weight is 263 g/mol. The van der Waals surface area contributed by atoms with Gasteiger partial charge in [-0.1, -0.05) is 12.1 Å². The lowest BCUT2D eigenvalue weighted by Crippen LogP contribution is -2.18. The highest BCUT2D eigenvalue weighted by Crippen LogP contribution is 2.61. The molecule has 0 radical (unpaired) electrons. The molecule has 84 valence electrons. The Kier molecular flexibility index (Phi) is 4.43. The van der Waals surface area contributed by atoms with Crippen molar-refractivity contribution in [1.82, 2.24) is 0 Å². The first-order valence-electron chi connectivity index (χ1n) is 4.43. The zero-order valence-electron chi connectivity index (χ0n) is 8.26. The van der Waals surface area contributed by atoms with Crippen LogP contribution < -0.4 is 11.5 Å². The Morgan fingerprint density at radius 2 is 2.00 bits per heavy atom. The van der Waals surface area contributed by atoms with E-state index in [0.29, 0.717) is 11.8 Å². The van der Waals surface area contributed by atoms with Crippen LogP contribution in [0.5, 0.6) is 0 Å². The van der Waals surface area contributed by atoms with Crippen LogP contribution in [0.1, 0.15) is 4.88 Å². The maximum Gasteiger partial charge on any atom is 0.0395 e. The molecule has 1 aliphatic rings. The van der Waals surface area contributed by atoms with Gasteiger partial charge in [0.15, 0.2) is 0 Å². The Labute approximate surface area is 102 Å². The molecule has 2 heterocycles. The first-order valence-corrected chi connectivity index (χ1v) is 7.35. The molecule has 1 aromatic rings. The number of hydrogen-bond donors (Lipinski definition) is 2. The fraction of sp³-hybridized carbons (Fsp3) is 0.200. The van der Waals surface area contributed by atoms with E-state index in [1.807, 2.05) is 0 Å². The highest BCUT2D eigenvalue weighted by Gasteiger charge is 2.27. The summed E-state index contributed by atoms with van der Waals surface area (Å²) >= 11 is 1.75. The predicted molar refractivity (Wildman–Crippen MR) is 74.4 cm³/mol. The van der Waals surface area contributed by atoms with E-state index in [2.05, 4.69) is 35.1 Å². The smallest absolute Gasteiger partial charge is 0.0395 e. The minimum absolute atomic E-state index is 0. The molecule has 0 spiro atoms. The van der Waals surface area contributed by atoms with Crippen LogP contribution >= 0.6 is 33.8 Å². The number of thiophene rings is 1. The van der Waals surface area contributed by atoms with Gasteiger partial charge in [0.1, 0.15) is 0 Å². The monoisotopic (exact) mass is 262 g/mol. The van der Waals surface area contributed by atoms with Crippen LogP contribution in [0.2, 0.25) is 0 Å². The second-order valence-electron chi connectivity index (χ2n) is 3.11. The Balaban J connectivity index is 0.00000112. The second kappa shape index (κ2) is 5.18. The van der Waals surface area contributed by atoms with Gasteiger partial charge < -0.3 is 11.5 Å². The van der Waals surface area contributed by atoms with Crippen LogP contribution in [0.3, 0.4) is 0 Å². The third-order valence-corrected chi connectivity index (χ3v) is 6.52. The van der Waals surface area contributed by atoms with Crippen molar-refractivity contribution in [3.05, 3.63) is 40.0 Å². The fourth-order valence-corrected chi connectivity index (χ4v) is 4.89. The lowest BCUT2D eigenvalue weighted by molar-refractivity contribution is 1.32. The van der Waals surface area contributed by atoms with Gasteiger partial charge >= 0.3 is 0 Å². The van der Waals surface area contributed by atoms with Crippen molar-refractivity contribution in [1.29, 1.82) is 0 Å². The van der Waals surface area contributed by atoms with E-state index in [0.717, 1.165) is 0 Å². The average Bonchev–Trinajstić information content (AvgIpc) is 2.86. The van der Waals surface area contributed by atoms with Crippen LogP contribution in [0.15, 0.2) is 35.1 Å². The summed E-state index contributed by atoms with van der Waals surface area (Å²) in [6, 6.07) is 4.20. The van der Waals surface area contributed by atoms with Gasteiger partial charge in [-0.05, 0) is 22.9 Å². The highest BCUT2D eigenvalue weighted by atomic mass is 35.5. The van der Waals surface area contributed by atoms with Gasteiger partial charge in [0.25, 0.3) is 0 Å². The summed E-state index contributed by atoms with van der Waals surface area (Å²) in [4.78, 5) is 2.65. The maximum absolute atomic E-state index is 5.85. The van der Waals surface area contributed by atoms with Gasteiger partial charge in [-0.3, -0.25) is 0 Å². The van der Waals surface area contributed by atoms with Gasteiger partial charge in [-0.15, -0.1) is 23.7 Å². The minimum Gasteiger partial charge on any atom is -0.323 e. The molecule has 1 aromatic heterocycles. The van der Waals surface area contributed by atoms with Gasteiger partial charge in [-0.2, -0.15) is 10.0 Å². The van der Waals surface area contributed by atoms with Crippen molar-refractivity contribution in [3.63, 3.8) is 0 Å². The maximum atomic E-state index is 5.85. The molecular formula is C10H15ClN2S2. The summed E-state index contributed by atoms with van der Waals surface area (Å²) in [5.74, 6) is 1.31. The second-order valence-corrected chi connectivity index (χ2v) is 7.33. The standard InChI is InChI=1S/C10H14N2S2.ClH/c11-7-14(8-12)6-2-4-10(14)9-3-1-5-13-9;/h1-6H,7-8,11-12H2;1H. The number of halogens is 1. The largest absolute Gasteiger partial charge is 0.323 e. The summed E-state index contributed by atoms with van der Waals surface area (Å²) in [6.07, 6.45) is 4.24. The number of allylic oxidation sites excluding steroid dienone is 2. The molecule has 0 saturated carbocycles. The third kappa shape index (κ3) is 2.14. The molecule has 0 amide bonds. The molecule has 0 atom stereocenters. The lowest BCUT2D eigenvalue weighted by atomic mass is 10.4. The van der Waals surface area contributed by atoms with E-state index < -0.39 is 10.0 Å². The Hall–Kier alpha value is -0.260. The molecule has 0 fully saturated rings. The van der Waals surface area contributed by atoms with Gasteiger partial charge in [0, 0.05) is 21.5 Å². The van der Waals surface area contributed by atoms with Gasteiger partial charge in [-0.25, -0.2) is 0 Å². The molecule has 2 nitrogen and oxygen atoms in total. The molecule has 0 bridgehead atoms. The molecule has 0 aromatic carbocycles. The number of hydrogen-bond acceptors (Lipinski definition) is 3. The summed E-state index contributed by atoms with van der Waals surface area (Å²) in [6.45, 7) is 0. The van der Waals surface area contributed by atoms with Crippen molar-refractivity contribution in [2.24, 2.45) is 11.5 Å². The minimum atomic E-state index is -1.05. The Morgan fingerprint density at radius 1 is 1.27 bits per heavy atom. The third-order valence-electron chi connectivity index (χ3n) is 2.38. The summed E-state index contributed by atoms with van der Waals surface area (Å²) in [5.41, 5.74) is 11.7. The van der Waals surface area contributed by atoms with Crippen LogP contribution in [0, 0.1) is 0 Å². The quantitative estimate of drug-likeness (QED) is 0.880. The lowest BCUT2D eigenvalue weighted by Gasteiger charge is -2.33. The van der Waals surface area contributed by atoms with Crippen LogP contribution in [0.4, 0.5) is 0 Å². The number of rotatable bonds is 3. The summed E-state index contributed by atoms with van der Waals surface area (Å²) in [5, 5.41) is 4.29. The summed E-state index contributed by atoms with van der Waals surface area (Å²) < 4.78 is 0. The van der Waals surface area contributed by atoms with Crippen molar-refractivity contribution in [3.8, 4) is 0 Å². The summed E-state index contributed by atoms with van der Waals surface area (Å²) in [7, 11) is -1.05. The van der Waals surface area contributed by atoms with Crippen molar-refractivity contribution < 1.29 is 0 Å². The molecule has 0 saturated heterocycles. The zero-order chi connectivity index (χ0) is 10.0. The molecule has 2 rings (SSSR count). The van der Waals surface area contributed by atoms with Crippen LogP contribution in [-0.2, 0) is 0 Å². The van der Waals surface area contributed by atoms with E-state index in [9.17, 15) is 0 Å². The van der Waals surface area contributed by atoms with Crippen LogP contribution in [0.25, 0.3) is 4.91 Å². The van der Waals surface area contributed by atoms with Gasteiger partial charge in [0.05, 0.1) is 0 Å². The van der Waals surface area contributed by atoms with E-state index in [1.165, 1.54) is 9.78 Å². The van der Waals surface area contributed by atoms with E-state index in [4.69, 9.17) is 11.5 Å². The van der Waals surface area contributed by atoms with Crippen molar-refractivity contribution >= 4 is 38.7 Å². The van der Waals surface area contributed by atoms with Crippen LogP contribution in [-0.4, -0.2) is 11.8 Å². The van der Waals surface area contributed by atoms with Crippen molar-refractivity contribution in [2.75, 3.05) is 11.8 Å². The van der Waals surface area contributed by atoms with E-state index in [-0.39, 0.29) is 12.4 Å². The SMILES string of the molecule is Cl.NCS1(CN)C=CC=C1c1cccs1. The van der Waals surface area contributed by atoms with Crippen molar-refractivity contribution in [2.45, 2.75) is 0 Å². The first kappa shape index (κ1) is 12.8. The molecule has 0 aliphatic carbocycles. The number of nitrogens with two attached hydrogens (primary N) is 2. The topological polar surface area (TPSA) is 52.0 Å². The highest BCUT2D eigenvalue weighted by molar-refractivity contribution is 8.43. The molecule has 0 unspecified atom stereocenters. The first-order chi connectivity index (χ1) is 6.82. The molecule has 4 N–H and O–H groups in total. The zero-order valence-corrected chi connectivity index (χ0v) is 10.7. The Morgan fingerprint density at radius 3 is 2.53 bits per heavy atom. The predicted octanol–water partition coefficient (Wildman–Crippen LogP) is 2.68. The fourth-order valence-electron chi connectivity index (χ4n) is 1.55. The molecule has 15 heavy (non-hydrogen) atoms. The van der Waals surface area contributed by atoms with E-state index in [1.54, 1.807) is 11.3 Å². The van der Waals surface area contributed by atoms with E-state index >= 15 is 0 Å². The molecular weight excluding hydrogens is 248 g/mol. The Bertz CT molecular complexity index is 367. The van der Waals surface area contributed by atoms with Gasteiger partial charge in [0.2, 0.25) is 0 Å². The molecule has 5 heteroatoms.